The summed E-state index contributed by atoms with van der Waals surface area (Å²) in [5.41, 5.74) is 1.21. The van der Waals surface area contributed by atoms with Crippen molar-refractivity contribution in [2.75, 3.05) is 13.2 Å². The average Bonchev–Trinajstić information content (AvgIpc) is 2.56. The van der Waals surface area contributed by atoms with Gasteiger partial charge in [0.25, 0.3) is 0 Å². The van der Waals surface area contributed by atoms with Crippen LogP contribution in [0.25, 0.3) is 0 Å². The van der Waals surface area contributed by atoms with E-state index in [0.29, 0.717) is 13.2 Å². The highest BCUT2D eigenvalue weighted by Crippen LogP contribution is 2.12. The van der Waals surface area contributed by atoms with Gasteiger partial charge in [0.1, 0.15) is 0 Å². The van der Waals surface area contributed by atoms with Gasteiger partial charge in [0.15, 0.2) is 0 Å². The molecule has 3 nitrogen and oxygen atoms in total. The molecule has 0 bridgehead atoms. The van der Waals surface area contributed by atoms with Crippen molar-refractivity contribution in [1.82, 2.24) is 5.06 Å². The molecule has 1 atom stereocenters. The number of hydroxylamine groups is 2. The highest BCUT2D eigenvalue weighted by molar-refractivity contribution is 14.1. The molecule has 0 spiro atoms. The Morgan fingerprint density at radius 1 is 1.43 bits per heavy atom. The predicted molar refractivity (Wildman–Crippen MR) is 61.5 cm³/mol. The molecule has 76 valence electrons. The molecule has 2 rings (SSSR count). The first kappa shape index (κ1) is 10.4. The second-order valence-corrected chi connectivity index (χ2v) is 4.64. The molecule has 1 fully saturated rings. The molecule has 1 N–H and O–H groups in total. The Kier molecular flexibility index (Phi) is 3.38. The van der Waals surface area contributed by atoms with Crippen molar-refractivity contribution in [2.45, 2.75) is 12.6 Å². The highest BCUT2D eigenvalue weighted by atomic mass is 127. The average molecular weight is 305 g/mol. The van der Waals surface area contributed by atoms with Gasteiger partial charge in [0.2, 0.25) is 0 Å². The molecule has 4 heteroatoms. The van der Waals surface area contributed by atoms with Crippen LogP contribution >= 0.6 is 22.6 Å². The van der Waals surface area contributed by atoms with Gasteiger partial charge >= 0.3 is 0 Å². The number of β-amino-alcohol motifs (C(OH)–C–C–N with tert-alkyl or cyclic N) is 1. The van der Waals surface area contributed by atoms with Crippen LogP contribution in [0.3, 0.4) is 0 Å². The fourth-order valence-electron chi connectivity index (χ4n) is 1.44. The zero-order valence-electron chi connectivity index (χ0n) is 7.69. The molecule has 1 aliphatic rings. The minimum atomic E-state index is -0.334. The molecular weight excluding hydrogens is 293 g/mol. The molecule has 0 aromatic heterocycles. The summed E-state index contributed by atoms with van der Waals surface area (Å²) in [4.78, 5) is 5.28. The lowest BCUT2D eigenvalue weighted by Gasteiger charge is -2.13. The third-order valence-corrected chi connectivity index (χ3v) is 2.86. The van der Waals surface area contributed by atoms with Crippen LogP contribution in [0.1, 0.15) is 5.56 Å². The van der Waals surface area contributed by atoms with Crippen LogP contribution in [0, 0.1) is 3.57 Å². The van der Waals surface area contributed by atoms with Crippen molar-refractivity contribution in [2.24, 2.45) is 0 Å². The van der Waals surface area contributed by atoms with Gasteiger partial charge in [-0.2, -0.15) is 5.06 Å². The lowest BCUT2D eigenvalue weighted by molar-refractivity contribution is -0.117. The Labute approximate surface area is 96.8 Å². The summed E-state index contributed by atoms with van der Waals surface area (Å²) in [7, 11) is 0. The molecule has 0 aliphatic carbocycles. The predicted octanol–water partition coefficient (Wildman–Crippen LogP) is 1.40. The van der Waals surface area contributed by atoms with Crippen molar-refractivity contribution in [3.8, 4) is 0 Å². The van der Waals surface area contributed by atoms with Crippen molar-refractivity contribution in [3.63, 3.8) is 0 Å². The van der Waals surface area contributed by atoms with Crippen LogP contribution in [0.5, 0.6) is 0 Å². The second kappa shape index (κ2) is 4.57. The molecule has 1 aliphatic heterocycles. The highest BCUT2D eigenvalue weighted by Gasteiger charge is 2.20. The third kappa shape index (κ3) is 2.66. The summed E-state index contributed by atoms with van der Waals surface area (Å²) < 4.78 is 1.23. The van der Waals surface area contributed by atoms with Gasteiger partial charge in [-0.15, -0.1) is 0 Å². The summed E-state index contributed by atoms with van der Waals surface area (Å²) in [6.45, 7) is 1.77. The van der Waals surface area contributed by atoms with Crippen LogP contribution in [-0.2, 0) is 11.4 Å². The summed E-state index contributed by atoms with van der Waals surface area (Å²) in [5, 5.41) is 11.1. The van der Waals surface area contributed by atoms with E-state index in [1.165, 1.54) is 9.13 Å². The third-order valence-electron chi connectivity index (χ3n) is 2.14. The first-order chi connectivity index (χ1) is 6.74. The topological polar surface area (TPSA) is 32.7 Å². The van der Waals surface area contributed by atoms with Gasteiger partial charge in [0, 0.05) is 10.1 Å². The van der Waals surface area contributed by atoms with Gasteiger partial charge in [-0.1, -0.05) is 12.1 Å². The Bertz CT molecular complexity index is 301. The summed E-state index contributed by atoms with van der Waals surface area (Å²) >= 11 is 2.28. The first-order valence-corrected chi connectivity index (χ1v) is 5.62. The Balaban J connectivity index is 1.94. The Morgan fingerprint density at radius 2 is 2.14 bits per heavy atom. The monoisotopic (exact) mass is 305 g/mol. The maximum Gasteiger partial charge on any atom is 0.0958 e. The molecular formula is C10H12INO2. The SMILES string of the molecule is O[C@H]1CON(Cc2ccc(I)cc2)C1. The summed E-state index contributed by atoms with van der Waals surface area (Å²) in [6, 6.07) is 8.30. The first-order valence-electron chi connectivity index (χ1n) is 4.54. The largest absolute Gasteiger partial charge is 0.389 e. The number of nitrogens with zero attached hydrogens (tertiary/aromatic N) is 1. The normalized spacial score (nSPS) is 22.9. The van der Waals surface area contributed by atoms with Gasteiger partial charge in [0.05, 0.1) is 19.3 Å². The number of halogens is 1. The zero-order valence-corrected chi connectivity index (χ0v) is 9.85. The van der Waals surface area contributed by atoms with E-state index in [9.17, 15) is 5.11 Å². The van der Waals surface area contributed by atoms with Crippen LogP contribution < -0.4 is 0 Å². The quantitative estimate of drug-likeness (QED) is 0.839. The second-order valence-electron chi connectivity index (χ2n) is 3.40. The van der Waals surface area contributed by atoms with E-state index in [2.05, 4.69) is 46.9 Å². The van der Waals surface area contributed by atoms with Crippen LogP contribution in [-0.4, -0.2) is 29.4 Å². The van der Waals surface area contributed by atoms with E-state index in [0.717, 1.165) is 6.54 Å². The fraction of sp³-hybridized carbons (Fsp3) is 0.400. The Hall–Kier alpha value is -0.170. The number of hydrogen-bond donors (Lipinski definition) is 1. The maximum absolute atomic E-state index is 9.25. The summed E-state index contributed by atoms with van der Waals surface area (Å²) in [6.07, 6.45) is -0.334. The van der Waals surface area contributed by atoms with Gasteiger partial charge < -0.3 is 5.11 Å². The standard InChI is InChI=1S/C10H12INO2/c11-9-3-1-8(2-4-9)5-12-6-10(13)7-14-12/h1-4,10,13H,5-7H2/t10-/m1/s1. The Morgan fingerprint density at radius 3 is 2.71 bits per heavy atom. The number of benzene rings is 1. The van der Waals surface area contributed by atoms with E-state index in [1.54, 1.807) is 5.06 Å². The molecule has 0 amide bonds. The zero-order chi connectivity index (χ0) is 9.97. The van der Waals surface area contributed by atoms with Crippen molar-refractivity contribution >= 4 is 22.6 Å². The lowest BCUT2D eigenvalue weighted by atomic mass is 10.2. The number of hydrogen-bond acceptors (Lipinski definition) is 3. The van der Waals surface area contributed by atoms with Gasteiger partial charge in [-0.3, -0.25) is 4.84 Å². The lowest BCUT2D eigenvalue weighted by Crippen LogP contribution is -2.20. The fourth-order valence-corrected chi connectivity index (χ4v) is 1.80. The molecule has 1 saturated heterocycles. The van der Waals surface area contributed by atoms with E-state index < -0.39 is 0 Å². The van der Waals surface area contributed by atoms with Crippen LogP contribution in [0.2, 0.25) is 0 Å². The molecule has 1 aromatic rings. The summed E-state index contributed by atoms with van der Waals surface area (Å²) in [5.74, 6) is 0. The van der Waals surface area contributed by atoms with E-state index in [1.807, 2.05) is 0 Å². The van der Waals surface area contributed by atoms with Crippen molar-refractivity contribution in [3.05, 3.63) is 33.4 Å². The van der Waals surface area contributed by atoms with Crippen molar-refractivity contribution < 1.29 is 9.94 Å². The molecule has 1 aromatic carbocycles. The smallest absolute Gasteiger partial charge is 0.0958 e. The van der Waals surface area contributed by atoms with Crippen LogP contribution in [0.15, 0.2) is 24.3 Å². The molecule has 0 radical (unpaired) electrons. The van der Waals surface area contributed by atoms with Gasteiger partial charge in [-0.25, -0.2) is 0 Å². The van der Waals surface area contributed by atoms with E-state index in [-0.39, 0.29) is 6.10 Å². The van der Waals surface area contributed by atoms with E-state index in [4.69, 9.17) is 4.84 Å². The number of rotatable bonds is 2. The minimum absolute atomic E-state index is 0.334. The minimum Gasteiger partial charge on any atom is -0.389 e. The van der Waals surface area contributed by atoms with Crippen molar-refractivity contribution in [1.29, 1.82) is 0 Å². The molecule has 14 heavy (non-hydrogen) atoms. The van der Waals surface area contributed by atoms with Gasteiger partial charge in [-0.05, 0) is 40.3 Å². The molecule has 0 saturated carbocycles. The molecule has 1 heterocycles. The number of aliphatic hydroxyl groups excluding tert-OH is 1. The van der Waals surface area contributed by atoms with E-state index >= 15 is 0 Å². The molecule has 0 unspecified atom stereocenters. The van der Waals surface area contributed by atoms with Crippen LogP contribution in [0.4, 0.5) is 0 Å². The number of aliphatic hydroxyl groups is 1. The maximum atomic E-state index is 9.25.